The lowest BCUT2D eigenvalue weighted by molar-refractivity contribution is 0.532. The first-order valence-electron chi connectivity index (χ1n) is 6.13. The maximum atomic E-state index is 13.0. The molecule has 0 radical (unpaired) electrons. The van der Waals surface area contributed by atoms with Crippen molar-refractivity contribution < 1.29 is 4.39 Å². The number of benzene rings is 1. The van der Waals surface area contributed by atoms with E-state index in [1.807, 2.05) is 12.1 Å². The monoisotopic (exact) mass is 221 g/mol. The molecular weight excluding hydrogens is 201 g/mol. The predicted octanol–water partition coefficient (Wildman–Crippen LogP) is 3.17. The van der Waals surface area contributed by atoms with Crippen molar-refractivity contribution in [2.75, 3.05) is 13.1 Å². The Labute approximate surface area is 97.1 Å². The Morgan fingerprint density at radius 2 is 2.25 bits per heavy atom. The van der Waals surface area contributed by atoms with Gasteiger partial charge in [-0.1, -0.05) is 26.0 Å². The molecule has 2 rings (SSSR count). The molecule has 0 spiro atoms. The summed E-state index contributed by atoms with van der Waals surface area (Å²) in [6, 6.07) is 7.03. The quantitative estimate of drug-likeness (QED) is 0.805. The van der Waals surface area contributed by atoms with E-state index < -0.39 is 0 Å². The van der Waals surface area contributed by atoms with E-state index >= 15 is 0 Å². The van der Waals surface area contributed by atoms with Gasteiger partial charge < -0.3 is 5.32 Å². The van der Waals surface area contributed by atoms with Gasteiger partial charge >= 0.3 is 0 Å². The molecule has 2 unspecified atom stereocenters. The highest BCUT2D eigenvalue weighted by Gasteiger charge is 2.37. The lowest BCUT2D eigenvalue weighted by Gasteiger charge is -2.06. The van der Waals surface area contributed by atoms with Gasteiger partial charge in [-0.05, 0) is 55.0 Å². The molecular formula is C14H20FN. The normalized spacial score (nSPS) is 23.8. The zero-order chi connectivity index (χ0) is 11.5. The summed E-state index contributed by atoms with van der Waals surface area (Å²) in [7, 11) is 0. The second kappa shape index (κ2) is 4.96. The van der Waals surface area contributed by atoms with Crippen LogP contribution in [0.15, 0.2) is 24.3 Å². The molecule has 1 aromatic carbocycles. The largest absolute Gasteiger partial charge is 0.316 e. The van der Waals surface area contributed by atoms with Crippen molar-refractivity contribution >= 4 is 0 Å². The third kappa shape index (κ3) is 3.05. The molecule has 1 nitrogen and oxygen atoms in total. The standard InChI is InChI=1S/C14H20FN/c1-10(2)8-16-9-12-7-14(12)11-4-3-5-13(15)6-11/h3-6,10,12,14,16H,7-9H2,1-2H3. The van der Waals surface area contributed by atoms with Crippen molar-refractivity contribution in [3.63, 3.8) is 0 Å². The van der Waals surface area contributed by atoms with E-state index in [0.29, 0.717) is 17.8 Å². The van der Waals surface area contributed by atoms with Crippen molar-refractivity contribution in [1.29, 1.82) is 0 Å². The highest BCUT2D eigenvalue weighted by atomic mass is 19.1. The topological polar surface area (TPSA) is 12.0 Å². The van der Waals surface area contributed by atoms with Gasteiger partial charge in [-0.25, -0.2) is 4.39 Å². The van der Waals surface area contributed by atoms with Gasteiger partial charge in [-0.2, -0.15) is 0 Å². The Kier molecular flexibility index (Phi) is 3.59. The molecule has 2 atom stereocenters. The molecule has 0 saturated heterocycles. The molecule has 88 valence electrons. The Morgan fingerprint density at radius 1 is 1.44 bits per heavy atom. The Hall–Kier alpha value is -0.890. The third-order valence-corrected chi connectivity index (χ3v) is 3.16. The minimum Gasteiger partial charge on any atom is -0.316 e. The average Bonchev–Trinajstić information content (AvgIpc) is 2.97. The van der Waals surface area contributed by atoms with Crippen LogP contribution >= 0.6 is 0 Å². The van der Waals surface area contributed by atoms with Crippen molar-refractivity contribution in [3.8, 4) is 0 Å². The second-order valence-corrected chi connectivity index (χ2v) is 5.21. The highest BCUT2D eigenvalue weighted by Crippen LogP contribution is 2.46. The molecule has 16 heavy (non-hydrogen) atoms. The van der Waals surface area contributed by atoms with Crippen molar-refractivity contribution in [1.82, 2.24) is 5.32 Å². The van der Waals surface area contributed by atoms with Crippen LogP contribution in [-0.4, -0.2) is 13.1 Å². The van der Waals surface area contributed by atoms with Gasteiger partial charge in [0.15, 0.2) is 0 Å². The molecule has 1 fully saturated rings. The van der Waals surface area contributed by atoms with E-state index in [0.717, 1.165) is 18.7 Å². The summed E-state index contributed by atoms with van der Waals surface area (Å²) in [6.07, 6.45) is 1.20. The number of hydrogen-bond donors (Lipinski definition) is 1. The van der Waals surface area contributed by atoms with E-state index in [-0.39, 0.29) is 5.82 Å². The van der Waals surface area contributed by atoms with Crippen LogP contribution < -0.4 is 5.32 Å². The number of nitrogens with one attached hydrogen (secondary N) is 1. The minimum atomic E-state index is -0.113. The van der Waals surface area contributed by atoms with Crippen LogP contribution in [0.4, 0.5) is 4.39 Å². The summed E-state index contributed by atoms with van der Waals surface area (Å²) in [5.74, 6) is 1.88. The maximum Gasteiger partial charge on any atom is 0.123 e. The summed E-state index contributed by atoms with van der Waals surface area (Å²) in [4.78, 5) is 0. The number of rotatable bonds is 5. The molecule has 1 aromatic rings. The molecule has 0 aliphatic heterocycles. The lowest BCUT2D eigenvalue weighted by Crippen LogP contribution is -2.22. The Bertz CT molecular complexity index is 348. The minimum absolute atomic E-state index is 0.113. The first-order chi connectivity index (χ1) is 7.66. The van der Waals surface area contributed by atoms with Crippen LogP contribution in [0.25, 0.3) is 0 Å². The van der Waals surface area contributed by atoms with Crippen LogP contribution in [-0.2, 0) is 0 Å². The molecule has 1 saturated carbocycles. The van der Waals surface area contributed by atoms with E-state index in [4.69, 9.17) is 0 Å². The van der Waals surface area contributed by atoms with Crippen LogP contribution in [0, 0.1) is 17.7 Å². The molecule has 1 aliphatic rings. The summed E-state index contributed by atoms with van der Waals surface area (Å²) >= 11 is 0. The predicted molar refractivity (Wildman–Crippen MR) is 65.0 cm³/mol. The van der Waals surface area contributed by atoms with E-state index in [9.17, 15) is 4.39 Å². The fourth-order valence-electron chi connectivity index (χ4n) is 2.18. The zero-order valence-electron chi connectivity index (χ0n) is 10.0. The van der Waals surface area contributed by atoms with E-state index in [1.165, 1.54) is 12.5 Å². The van der Waals surface area contributed by atoms with Crippen LogP contribution in [0.2, 0.25) is 0 Å². The first kappa shape index (κ1) is 11.6. The third-order valence-electron chi connectivity index (χ3n) is 3.16. The first-order valence-corrected chi connectivity index (χ1v) is 6.13. The maximum absolute atomic E-state index is 13.0. The fourth-order valence-corrected chi connectivity index (χ4v) is 2.18. The second-order valence-electron chi connectivity index (χ2n) is 5.21. The van der Waals surface area contributed by atoms with E-state index in [2.05, 4.69) is 19.2 Å². The molecule has 2 heteroatoms. The number of hydrogen-bond acceptors (Lipinski definition) is 1. The lowest BCUT2D eigenvalue weighted by atomic mass is 10.1. The molecule has 1 N–H and O–H groups in total. The molecule has 0 heterocycles. The van der Waals surface area contributed by atoms with Crippen molar-refractivity contribution in [2.24, 2.45) is 11.8 Å². The fraction of sp³-hybridized carbons (Fsp3) is 0.571. The van der Waals surface area contributed by atoms with Gasteiger partial charge in [0.2, 0.25) is 0 Å². The van der Waals surface area contributed by atoms with Crippen LogP contribution in [0.3, 0.4) is 0 Å². The van der Waals surface area contributed by atoms with Gasteiger partial charge in [0, 0.05) is 0 Å². The Balaban J connectivity index is 1.78. The van der Waals surface area contributed by atoms with Gasteiger partial charge in [-0.15, -0.1) is 0 Å². The van der Waals surface area contributed by atoms with Gasteiger partial charge in [0.25, 0.3) is 0 Å². The molecule has 0 bridgehead atoms. The highest BCUT2D eigenvalue weighted by molar-refractivity contribution is 5.26. The van der Waals surface area contributed by atoms with Crippen molar-refractivity contribution in [2.45, 2.75) is 26.2 Å². The van der Waals surface area contributed by atoms with Gasteiger partial charge in [0.1, 0.15) is 5.82 Å². The SMILES string of the molecule is CC(C)CNCC1CC1c1cccc(F)c1. The van der Waals surface area contributed by atoms with Gasteiger partial charge in [0.05, 0.1) is 0 Å². The summed E-state index contributed by atoms with van der Waals surface area (Å²) in [5.41, 5.74) is 1.16. The summed E-state index contributed by atoms with van der Waals surface area (Å²) in [6.45, 7) is 6.57. The molecule has 1 aliphatic carbocycles. The molecule has 0 aromatic heterocycles. The van der Waals surface area contributed by atoms with E-state index in [1.54, 1.807) is 6.07 Å². The zero-order valence-corrected chi connectivity index (χ0v) is 10.0. The summed E-state index contributed by atoms with van der Waals surface area (Å²) < 4.78 is 13.0. The average molecular weight is 221 g/mol. The smallest absolute Gasteiger partial charge is 0.123 e. The molecule has 0 amide bonds. The van der Waals surface area contributed by atoms with Crippen LogP contribution in [0.1, 0.15) is 31.7 Å². The number of halogens is 1. The van der Waals surface area contributed by atoms with Gasteiger partial charge in [-0.3, -0.25) is 0 Å². The summed E-state index contributed by atoms with van der Waals surface area (Å²) in [5, 5.41) is 3.47. The van der Waals surface area contributed by atoms with Crippen molar-refractivity contribution in [3.05, 3.63) is 35.6 Å². The van der Waals surface area contributed by atoms with Crippen LogP contribution in [0.5, 0.6) is 0 Å². The Morgan fingerprint density at radius 3 is 2.94 bits per heavy atom.